The van der Waals surface area contributed by atoms with Gasteiger partial charge in [0, 0.05) is 50.1 Å². The van der Waals surface area contributed by atoms with Crippen molar-refractivity contribution in [1.82, 2.24) is 14.7 Å². The third kappa shape index (κ3) is 5.75. The summed E-state index contributed by atoms with van der Waals surface area (Å²) in [5, 5.41) is 2.09. The van der Waals surface area contributed by atoms with Gasteiger partial charge in [-0.1, -0.05) is 24.3 Å². The minimum absolute atomic E-state index is 0.0102. The molecule has 0 spiro atoms. The third-order valence-corrected chi connectivity index (χ3v) is 8.41. The van der Waals surface area contributed by atoms with E-state index in [1.54, 1.807) is 35.6 Å². The number of hydrogen-bond acceptors (Lipinski definition) is 4. The van der Waals surface area contributed by atoms with Crippen LogP contribution in [-0.2, 0) is 22.4 Å². The highest BCUT2D eigenvalue weighted by atomic mass is 32.1. The van der Waals surface area contributed by atoms with Gasteiger partial charge in [0.2, 0.25) is 11.8 Å². The van der Waals surface area contributed by atoms with Gasteiger partial charge in [0.15, 0.2) is 0 Å². The van der Waals surface area contributed by atoms with Gasteiger partial charge in [-0.05, 0) is 65.7 Å². The molecule has 194 valence electrons. The lowest BCUT2D eigenvalue weighted by Gasteiger charge is -2.41. The molecular formula is C29H31F2N3O2S. The summed E-state index contributed by atoms with van der Waals surface area (Å²) >= 11 is 1.74. The number of benzene rings is 2. The maximum atomic E-state index is 14.1. The molecule has 2 aliphatic rings. The molecule has 2 aliphatic heterocycles. The molecular weight excluding hydrogens is 492 g/mol. The Balaban J connectivity index is 1.18. The second-order valence-electron chi connectivity index (χ2n) is 9.87. The monoisotopic (exact) mass is 523 g/mol. The van der Waals surface area contributed by atoms with E-state index < -0.39 is 0 Å². The first-order chi connectivity index (χ1) is 17.9. The fourth-order valence-corrected chi connectivity index (χ4v) is 6.41. The van der Waals surface area contributed by atoms with Crippen LogP contribution in [0.3, 0.4) is 0 Å². The van der Waals surface area contributed by atoms with E-state index in [1.807, 2.05) is 22.8 Å². The Morgan fingerprint density at radius 3 is 2.54 bits per heavy atom. The molecule has 0 radical (unpaired) electrons. The van der Waals surface area contributed by atoms with Crippen molar-refractivity contribution in [1.29, 1.82) is 0 Å². The molecule has 1 fully saturated rings. The molecule has 0 bridgehead atoms. The van der Waals surface area contributed by atoms with Crippen LogP contribution in [0, 0.1) is 11.6 Å². The highest BCUT2D eigenvalue weighted by Gasteiger charge is 2.32. The Morgan fingerprint density at radius 2 is 1.78 bits per heavy atom. The highest BCUT2D eigenvalue weighted by molar-refractivity contribution is 7.10. The fourth-order valence-electron chi connectivity index (χ4n) is 5.51. The third-order valence-electron chi connectivity index (χ3n) is 7.41. The van der Waals surface area contributed by atoms with E-state index in [2.05, 4.69) is 16.3 Å². The summed E-state index contributed by atoms with van der Waals surface area (Å²) in [5.74, 6) is -0.508. The predicted octanol–water partition coefficient (Wildman–Crippen LogP) is 4.67. The average molecular weight is 524 g/mol. The van der Waals surface area contributed by atoms with E-state index in [1.165, 1.54) is 28.6 Å². The van der Waals surface area contributed by atoms with Gasteiger partial charge in [-0.15, -0.1) is 11.3 Å². The predicted molar refractivity (Wildman–Crippen MR) is 140 cm³/mol. The van der Waals surface area contributed by atoms with Gasteiger partial charge in [0.1, 0.15) is 11.6 Å². The lowest BCUT2D eigenvalue weighted by atomic mass is 9.93. The number of hydrogen-bond donors (Lipinski definition) is 0. The summed E-state index contributed by atoms with van der Waals surface area (Å²) in [6.07, 6.45) is 1.53. The molecule has 5 nitrogen and oxygen atoms in total. The highest BCUT2D eigenvalue weighted by Crippen LogP contribution is 2.38. The molecule has 2 amide bonds. The van der Waals surface area contributed by atoms with Crippen LogP contribution in [0.2, 0.25) is 0 Å². The van der Waals surface area contributed by atoms with Crippen LogP contribution >= 0.6 is 11.3 Å². The van der Waals surface area contributed by atoms with Gasteiger partial charge < -0.3 is 9.80 Å². The van der Waals surface area contributed by atoms with Crippen molar-refractivity contribution in [3.8, 4) is 0 Å². The molecule has 1 saturated heterocycles. The van der Waals surface area contributed by atoms with E-state index in [-0.39, 0.29) is 42.0 Å². The van der Waals surface area contributed by atoms with Crippen LogP contribution in [0.25, 0.3) is 0 Å². The van der Waals surface area contributed by atoms with Crippen LogP contribution in [0.5, 0.6) is 0 Å². The number of fused-ring (bicyclic) bond motifs is 1. The van der Waals surface area contributed by atoms with Crippen molar-refractivity contribution in [3.63, 3.8) is 0 Å². The number of halogens is 2. The molecule has 1 aromatic heterocycles. The lowest BCUT2D eigenvalue weighted by molar-refractivity contribution is -0.142. The fraction of sp³-hybridized carbons (Fsp3) is 0.379. The smallest absolute Gasteiger partial charge is 0.227 e. The second kappa shape index (κ2) is 11.1. The minimum Gasteiger partial charge on any atom is -0.339 e. The van der Waals surface area contributed by atoms with E-state index in [0.29, 0.717) is 32.6 Å². The van der Waals surface area contributed by atoms with Gasteiger partial charge in [0.25, 0.3) is 0 Å². The lowest BCUT2D eigenvalue weighted by Crippen LogP contribution is -2.56. The summed E-state index contributed by atoms with van der Waals surface area (Å²) in [6, 6.07) is 14.7. The number of nitrogens with zero attached hydrogens (tertiary/aromatic N) is 3. The van der Waals surface area contributed by atoms with Crippen molar-refractivity contribution in [2.24, 2.45) is 0 Å². The largest absolute Gasteiger partial charge is 0.339 e. The number of amides is 2. The first-order valence-corrected chi connectivity index (χ1v) is 13.6. The molecule has 2 atom stereocenters. The summed E-state index contributed by atoms with van der Waals surface area (Å²) in [5.41, 5.74) is 2.89. The van der Waals surface area contributed by atoms with Crippen LogP contribution in [0.15, 0.2) is 60.0 Å². The standard InChI is InChI=1S/C29H31F2N3O2S/c1-20-19-33(14-15-34(20)28(36)17-21-5-7-23(30)8-6-21)27(35)10-13-32-12-9-26-25(11-16-37-26)29(32)22-3-2-4-24(31)18-22/h2-8,11,16,18,20,29H,9-10,12-15,17,19H2,1H3/t20-,29+/m1/s1. The second-order valence-corrected chi connectivity index (χ2v) is 10.9. The molecule has 2 aromatic carbocycles. The zero-order valence-corrected chi connectivity index (χ0v) is 21.7. The number of rotatable bonds is 6. The molecule has 0 unspecified atom stereocenters. The Morgan fingerprint density at radius 1 is 0.973 bits per heavy atom. The van der Waals surface area contributed by atoms with Crippen molar-refractivity contribution in [2.75, 3.05) is 32.7 Å². The summed E-state index contributed by atoms with van der Waals surface area (Å²) in [6.45, 7) is 4.86. The minimum atomic E-state index is -0.320. The van der Waals surface area contributed by atoms with E-state index >= 15 is 0 Å². The van der Waals surface area contributed by atoms with Crippen LogP contribution in [0.1, 0.15) is 41.0 Å². The van der Waals surface area contributed by atoms with E-state index in [4.69, 9.17) is 0 Å². The van der Waals surface area contributed by atoms with Gasteiger partial charge in [-0.25, -0.2) is 8.78 Å². The number of carbonyl (C=O) groups is 2. The van der Waals surface area contributed by atoms with Crippen molar-refractivity contribution in [2.45, 2.75) is 38.3 Å². The van der Waals surface area contributed by atoms with E-state index in [9.17, 15) is 18.4 Å². The van der Waals surface area contributed by atoms with Crippen LogP contribution in [0.4, 0.5) is 8.78 Å². The Labute approximate surface area is 220 Å². The summed E-state index contributed by atoms with van der Waals surface area (Å²) in [7, 11) is 0. The molecule has 0 saturated carbocycles. The topological polar surface area (TPSA) is 43.9 Å². The van der Waals surface area contributed by atoms with Gasteiger partial charge in [-0.3, -0.25) is 14.5 Å². The molecule has 3 heterocycles. The maximum Gasteiger partial charge on any atom is 0.227 e. The van der Waals surface area contributed by atoms with Crippen LogP contribution < -0.4 is 0 Å². The Bertz CT molecular complexity index is 1260. The van der Waals surface area contributed by atoms with Crippen molar-refractivity contribution >= 4 is 23.2 Å². The first-order valence-electron chi connectivity index (χ1n) is 12.8. The molecule has 0 aliphatic carbocycles. The van der Waals surface area contributed by atoms with Gasteiger partial charge in [-0.2, -0.15) is 0 Å². The summed E-state index contributed by atoms with van der Waals surface area (Å²) in [4.78, 5) is 33.3. The normalized spacial score (nSPS) is 20.1. The molecule has 0 N–H and O–H groups in total. The van der Waals surface area contributed by atoms with E-state index in [0.717, 1.165) is 24.1 Å². The number of carbonyl (C=O) groups excluding carboxylic acids is 2. The quantitative estimate of drug-likeness (QED) is 0.472. The molecule has 37 heavy (non-hydrogen) atoms. The van der Waals surface area contributed by atoms with Gasteiger partial charge >= 0.3 is 0 Å². The number of piperazine rings is 1. The Hall–Kier alpha value is -3.10. The van der Waals surface area contributed by atoms with Crippen molar-refractivity contribution < 1.29 is 18.4 Å². The van der Waals surface area contributed by atoms with Gasteiger partial charge in [0.05, 0.1) is 12.5 Å². The molecule has 8 heteroatoms. The average Bonchev–Trinajstić information content (AvgIpc) is 3.37. The zero-order valence-electron chi connectivity index (χ0n) is 20.9. The SMILES string of the molecule is C[C@@H]1CN(C(=O)CCN2CCc3sccc3[C@@H]2c2cccc(F)c2)CCN1C(=O)Cc1ccc(F)cc1. The first kappa shape index (κ1) is 25.5. The Kier molecular flexibility index (Phi) is 7.67. The van der Waals surface area contributed by atoms with Crippen molar-refractivity contribution in [3.05, 3.63) is 93.2 Å². The maximum absolute atomic E-state index is 14.1. The number of thiophene rings is 1. The van der Waals surface area contributed by atoms with Crippen LogP contribution in [-0.4, -0.2) is 65.3 Å². The molecule has 3 aromatic rings. The zero-order chi connectivity index (χ0) is 25.9. The summed E-state index contributed by atoms with van der Waals surface area (Å²) < 4.78 is 27.2. The molecule has 5 rings (SSSR count).